The van der Waals surface area contributed by atoms with Gasteiger partial charge in [0.05, 0.1) is 18.2 Å². The molecule has 2 aromatic rings. The SMILES string of the molecule is N#CCc1nc(-c2ccc(OC(F)F)cc2)cs1. The first-order chi connectivity index (χ1) is 8.69. The molecule has 0 aliphatic carbocycles. The zero-order chi connectivity index (χ0) is 13.0. The van der Waals surface area contributed by atoms with E-state index in [0.29, 0.717) is 0 Å². The van der Waals surface area contributed by atoms with E-state index >= 15 is 0 Å². The van der Waals surface area contributed by atoms with Gasteiger partial charge in [-0.25, -0.2) is 4.98 Å². The van der Waals surface area contributed by atoms with Crippen LogP contribution in [-0.2, 0) is 6.42 Å². The molecule has 1 aromatic heterocycles. The van der Waals surface area contributed by atoms with E-state index in [9.17, 15) is 8.78 Å². The Morgan fingerprint density at radius 2 is 2.06 bits per heavy atom. The molecule has 0 saturated carbocycles. The first-order valence-corrected chi connectivity index (χ1v) is 5.93. The lowest BCUT2D eigenvalue weighted by Crippen LogP contribution is -2.01. The molecule has 0 saturated heterocycles. The van der Waals surface area contributed by atoms with Crippen LogP contribution in [0.15, 0.2) is 29.6 Å². The summed E-state index contributed by atoms with van der Waals surface area (Å²) in [5.74, 6) is 0.112. The van der Waals surface area contributed by atoms with Gasteiger partial charge in [0.25, 0.3) is 0 Å². The summed E-state index contributed by atoms with van der Waals surface area (Å²) >= 11 is 1.40. The number of rotatable bonds is 4. The Balaban J connectivity index is 2.15. The lowest BCUT2D eigenvalue weighted by Gasteiger charge is -2.04. The number of benzene rings is 1. The summed E-state index contributed by atoms with van der Waals surface area (Å²) in [5, 5.41) is 11.1. The normalized spacial score (nSPS) is 10.3. The maximum absolute atomic E-state index is 12.0. The molecule has 0 aliphatic rings. The van der Waals surface area contributed by atoms with E-state index in [1.807, 2.05) is 11.4 Å². The van der Waals surface area contributed by atoms with Gasteiger partial charge in [0.2, 0.25) is 0 Å². The number of alkyl halides is 2. The highest BCUT2D eigenvalue weighted by Crippen LogP contribution is 2.24. The Hall–Kier alpha value is -2.00. The zero-order valence-electron chi connectivity index (χ0n) is 9.14. The quantitative estimate of drug-likeness (QED) is 0.851. The molecule has 0 bridgehead atoms. The van der Waals surface area contributed by atoms with Crippen molar-refractivity contribution < 1.29 is 13.5 Å². The van der Waals surface area contributed by atoms with Crippen LogP contribution in [0, 0.1) is 11.3 Å². The minimum absolute atomic E-state index is 0.112. The van der Waals surface area contributed by atoms with E-state index < -0.39 is 6.61 Å². The Bertz CT molecular complexity index is 560. The van der Waals surface area contributed by atoms with Gasteiger partial charge < -0.3 is 4.74 Å². The highest BCUT2D eigenvalue weighted by Gasteiger charge is 2.06. The van der Waals surface area contributed by atoms with Crippen molar-refractivity contribution >= 4 is 11.3 Å². The standard InChI is InChI=1S/C12H8F2N2OS/c13-12(14)17-9-3-1-8(2-4-9)10-7-18-11(16-10)5-6-15/h1-4,7,12H,5H2. The fourth-order valence-corrected chi connectivity index (χ4v) is 2.13. The maximum atomic E-state index is 12.0. The van der Waals surface area contributed by atoms with Crippen molar-refractivity contribution in [1.29, 1.82) is 5.26 Å². The topological polar surface area (TPSA) is 45.9 Å². The third-order valence-corrected chi connectivity index (χ3v) is 3.01. The molecule has 0 N–H and O–H groups in total. The predicted octanol–water partition coefficient (Wildman–Crippen LogP) is 3.48. The number of hydrogen-bond donors (Lipinski definition) is 0. The Morgan fingerprint density at radius 3 is 2.67 bits per heavy atom. The molecule has 0 unspecified atom stereocenters. The average molecular weight is 266 g/mol. The Kier molecular flexibility index (Phi) is 3.85. The molecule has 0 amide bonds. The number of nitriles is 1. The molecular formula is C12H8F2N2OS. The van der Waals surface area contributed by atoms with Crippen LogP contribution in [0.4, 0.5) is 8.78 Å². The van der Waals surface area contributed by atoms with E-state index in [-0.39, 0.29) is 12.2 Å². The van der Waals surface area contributed by atoms with Crippen LogP contribution in [0.1, 0.15) is 5.01 Å². The number of halogens is 2. The summed E-state index contributed by atoms with van der Waals surface area (Å²) in [5.41, 5.74) is 1.53. The van der Waals surface area contributed by atoms with E-state index in [4.69, 9.17) is 5.26 Å². The van der Waals surface area contributed by atoms with Crippen molar-refractivity contribution in [3.63, 3.8) is 0 Å². The summed E-state index contributed by atoms with van der Waals surface area (Å²) in [4.78, 5) is 4.27. The zero-order valence-corrected chi connectivity index (χ0v) is 9.95. The summed E-state index contributed by atoms with van der Waals surface area (Å²) in [6, 6.07) is 8.26. The van der Waals surface area contributed by atoms with Crippen molar-refractivity contribution in [3.05, 3.63) is 34.7 Å². The van der Waals surface area contributed by atoms with Crippen LogP contribution in [0.5, 0.6) is 5.75 Å². The molecule has 0 aliphatic heterocycles. The van der Waals surface area contributed by atoms with Gasteiger partial charge in [-0.3, -0.25) is 0 Å². The van der Waals surface area contributed by atoms with Gasteiger partial charge in [0, 0.05) is 10.9 Å². The van der Waals surface area contributed by atoms with Crippen LogP contribution in [0.2, 0.25) is 0 Å². The van der Waals surface area contributed by atoms with E-state index in [1.165, 1.54) is 23.5 Å². The second-order valence-electron chi connectivity index (χ2n) is 3.36. The van der Waals surface area contributed by atoms with Gasteiger partial charge in [-0.15, -0.1) is 11.3 Å². The smallest absolute Gasteiger partial charge is 0.387 e. The third kappa shape index (κ3) is 3.02. The molecule has 1 aromatic carbocycles. The maximum Gasteiger partial charge on any atom is 0.387 e. The fourth-order valence-electron chi connectivity index (χ4n) is 1.40. The summed E-state index contributed by atoms with van der Waals surface area (Å²) in [7, 11) is 0. The molecule has 92 valence electrons. The van der Waals surface area contributed by atoms with Gasteiger partial charge >= 0.3 is 6.61 Å². The largest absolute Gasteiger partial charge is 0.435 e. The van der Waals surface area contributed by atoms with Crippen molar-refractivity contribution in [3.8, 4) is 23.1 Å². The van der Waals surface area contributed by atoms with Crippen molar-refractivity contribution in [2.75, 3.05) is 0 Å². The van der Waals surface area contributed by atoms with Crippen molar-refractivity contribution in [2.45, 2.75) is 13.0 Å². The van der Waals surface area contributed by atoms with Crippen molar-refractivity contribution in [1.82, 2.24) is 4.98 Å². The monoisotopic (exact) mass is 266 g/mol. The molecule has 1 heterocycles. The third-order valence-electron chi connectivity index (χ3n) is 2.16. The lowest BCUT2D eigenvalue weighted by atomic mass is 10.2. The van der Waals surface area contributed by atoms with Gasteiger partial charge in [-0.2, -0.15) is 14.0 Å². The van der Waals surface area contributed by atoms with Gasteiger partial charge in [-0.05, 0) is 24.3 Å². The minimum atomic E-state index is -2.82. The molecule has 3 nitrogen and oxygen atoms in total. The first kappa shape index (κ1) is 12.5. The van der Waals surface area contributed by atoms with E-state index in [1.54, 1.807) is 12.1 Å². The minimum Gasteiger partial charge on any atom is -0.435 e. The molecular weight excluding hydrogens is 258 g/mol. The summed E-state index contributed by atoms with van der Waals surface area (Å²) in [6.07, 6.45) is 0.275. The summed E-state index contributed by atoms with van der Waals surface area (Å²) < 4.78 is 28.2. The number of nitrogens with zero attached hydrogens (tertiary/aromatic N) is 2. The van der Waals surface area contributed by atoms with Gasteiger partial charge in [0.1, 0.15) is 10.8 Å². The van der Waals surface area contributed by atoms with Crippen LogP contribution in [0.3, 0.4) is 0 Å². The van der Waals surface area contributed by atoms with Crippen molar-refractivity contribution in [2.24, 2.45) is 0 Å². The van der Waals surface area contributed by atoms with Crippen LogP contribution in [-0.4, -0.2) is 11.6 Å². The van der Waals surface area contributed by atoms with Crippen LogP contribution < -0.4 is 4.74 Å². The lowest BCUT2D eigenvalue weighted by molar-refractivity contribution is -0.0498. The Morgan fingerprint density at radius 1 is 1.33 bits per heavy atom. The van der Waals surface area contributed by atoms with Gasteiger partial charge in [0.15, 0.2) is 0 Å². The highest BCUT2D eigenvalue weighted by molar-refractivity contribution is 7.10. The molecule has 0 radical (unpaired) electrons. The van der Waals surface area contributed by atoms with E-state index in [2.05, 4.69) is 9.72 Å². The molecule has 0 spiro atoms. The van der Waals surface area contributed by atoms with Gasteiger partial charge in [-0.1, -0.05) is 0 Å². The molecule has 0 atom stereocenters. The molecule has 18 heavy (non-hydrogen) atoms. The van der Waals surface area contributed by atoms with E-state index in [0.717, 1.165) is 16.3 Å². The second-order valence-corrected chi connectivity index (χ2v) is 4.31. The number of hydrogen-bond acceptors (Lipinski definition) is 4. The molecule has 2 rings (SSSR count). The number of aromatic nitrogens is 1. The molecule has 0 fully saturated rings. The predicted molar refractivity (Wildman–Crippen MR) is 63.5 cm³/mol. The average Bonchev–Trinajstić information content (AvgIpc) is 2.78. The second kappa shape index (κ2) is 5.56. The molecule has 6 heteroatoms. The van der Waals surface area contributed by atoms with Crippen LogP contribution >= 0.6 is 11.3 Å². The number of thiazole rings is 1. The Labute approximate surface area is 106 Å². The number of ether oxygens (including phenoxy) is 1. The van der Waals surface area contributed by atoms with Crippen LogP contribution in [0.25, 0.3) is 11.3 Å². The fraction of sp³-hybridized carbons (Fsp3) is 0.167. The first-order valence-electron chi connectivity index (χ1n) is 5.05. The highest BCUT2D eigenvalue weighted by atomic mass is 32.1. The summed E-state index contributed by atoms with van der Waals surface area (Å²) in [6.45, 7) is -2.82.